The molecule has 0 saturated carbocycles. The van der Waals surface area contributed by atoms with Crippen molar-refractivity contribution in [3.8, 4) is 6.07 Å². The summed E-state index contributed by atoms with van der Waals surface area (Å²) in [6.45, 7) is 0.893. The van der Waals surface area contributed by atoms with E-state index in [0.717, 1.165) is 18.7 Å². The first-order valence-electron chi connectivity index (χ1n) is 8.45. The summed E-state index contributed by atoms with van der Waals surface area (Å²) in [5, 5.41) is 18.0. The lowest BCUT2D eigenvalue weighted by molar-refractivity contribution is 0.391. The first kappa shape index (κ1) is 21.3. The Hall–Kier alpha value is -2.05. The van der Waals surface area contributed by atoms with Crippen LogP contribution in [-0.2, 0) is 10.0 Å². The molecule has 0 aliphatic rings. The lowest BCUT2D eigenvalue weighted by Gasteiger charge is -2.22. The molecule has 3 N–H and O–H groups in total. The number of thioether (sulfide) groups is 1. The quantitative estimate of drug-likeness (QED) is 0.624. The van der Waals surface area contributed by atoms with Crippen LogP contribution in [0.4, 0.5) is 5.69 Å². The number of hydrogen-bond acceptors (Lipinski definition) is 6. The Morgan fingerprint density at radius 2 is 1.93 bits per heavy atom. The van der Waals surface area contributed by atoms with E-state index in [-0.39, 0.29) is 16.5 Å². The molecule has 0 heterocycles. The first-order valence-corrected chi connectivity index (χ1v) is 11.0. The highest BCUT2D eigenvalue weighted by Gasteiger charge is 2.15. The van der Waals surface area contributed by atoms with Crippen LogP contribution in [-0.4, -0.2) is 45.8 Å². The van der Waals surface area contributed by atoms with Crippen molar-refractivity contribution >= 4 is 27.5 Å². The molecule has 0 saturated heterocycles. The van der Waals surface area contributed by atoms with Gasteiger partial charge >= 0.3 is 0 Å². The van der Waals surface area contributed by atoms with E-state index in [2.05, 4.69) is 28.4 Å². The van der Waals surface area contributed by atoms with Crippen molar-refractivity contribution in [2.45, 2.75) is 22.3 Å². The van der Waals surface area contributed by atoms with Crippen LogP contribution in [0, 0.1) is 11.3 Å². The molecule has 0 bridgehead atoms. The number of nitriles is 1. The van der Waals surface area contributed by atoms with E-state index in [9.17, 15) is 13.7 Å². The lowest BCUT2D eigenvalue weighted by Crippen LogP contribution is -2.28. The average molecular weight is 405 g/mol. The van der Waals surface area contributed by atoms with E-state index < -0.39 is 10.0 Å². The van der Waals surface area contributed by atoms with Crippen molar-refractivity contribution in [1.29, 1.82) is 5.26 Å². The van der Waals surface area contributed by atoms with Gasteiger partial charge in [-0.25, -0.2) is 13.6 Å². The minimum Gasteiger partial charge on any atom is -0.380 e. The second-order valence-corrected chi connectivity index (χ2v) is 9.08. The molecule has 1 unspecified atom stereocenters. The fraction of sp³-hybridized carbons (Fsp3) is 0.316. The fourth-order valence-electron chi connectivity index (χ4n) is 2.46. The summed E-state index contributed by atoms with van der Waals surface area (Å²) in [7, 11) is 0.196. The standard InChI is InChI=1S/C19H24N4O2S2/c1-23(2)11-10-16(14-26-17-6-4-3-5-7-17)22-19-9-8-18(27(21,24)25)12-15(19)13-20/h3-9,12,16,22H,10-11,14H2,1-2H3,(H2,21,24,25). The van der Waals surface area contributed by atoms with E-state index >= 15 is 0 Å². The molecule has 0 amide bonds. The molecule has 144 valence electrons. The van der Waals surface area contributed by atoms with Crippen LogP contribution in [0.5, 0.6) is 0 Å². The Labute approximate surface area is 165 Å². The maximum Gasteiger partial charge on any atom is 0.238 e. The number of nitrogens with one attached hydrogen (secondary N) is 1. The van der Waals surface area contributed by atoms with Gasteiger partial charge in [0.2, 0.25) is 10.0 Å². The maximum atomic E-state index is 11.5. The number of rotatable bonds is 9. The molecule has 2 aromatic rings. The molecule has 0 radical (unpaired) electrons. The third kappa shape index (κ3) is 6.88. The SMILES string of the molecule is CN(C)CCC(CSc1ccccc1)Nc1ccc(S(N)(=O)=O)cc1C#N. The predicted octanol–water partition coefficient (Wildman–Crippen LogP) is 2.73. The van der Waals surface area contributed by atoms with Crippen LogP contribution >= 0.6 is 11.8 Å². The molecule has 0 aliphatic carbocycles. The summed E-state index contributed by atoms with van der Waals surface area (Å²) < 4.78 is 23.0. The van der Waals surface area contributed by atoms with Gasteiger partial charge in [0.05, 0.1) is 16.1 Å². The van der Waals surface area contributed by atoms with Crippen molar-refractivity contribution in [2.75, 3.05) is 31.7 Å². The predicted molar refractivity (Wildman–Crippen MR) is 110 cm³/mol. The van der Waals surface area contributed by atoms with Crippen molar-refractivity contribution in [1.82, 2.24) is 4.90 Å². The highest BCUT2D eigenvalue weighted by molar-refractivity contribution is 7.99. The van der Waals surface area contributed by atoms with Crippen LogP contribution in [0.25, 0.3) is 0 Å². The Morgan fingerprint density at radius 3 is 2.52 bits per heavy atom. The number of benzene rings is 2. The van der Waals surface area contributed by atoms with Gasteiger partial charge in [0.25, 0.3) is 0 Å². The molecule has 0 aromatic heterocycles. The van der Waals surface area contributed by atoms with Crippen molar-refractivity contribution in [2.24, 2.45) is 5.14 Å². The summed E-state index contributed by atoms with van der Waals surface area (Å²) in [6, 6.07) is 16.6. The van der Waals surface area contributed by atoms with E-state index in [0.29, 0.717) is 5.69 Å². The molecule has 6 nitrogen and oxygen atoms in total. The van der Waals surface area contributed by atoms with Gasteiger partial charge in [0.1, 0.15) is 6.07 Å². The highest BCUT2D eigenvalue weighted by atomic mass is 32.2. The summed E-state index contributed by atoms with van der Waals surface area (Å²) in [5.74, 6) is 0.819. The molecule has 0 fully saturated rings. The molecule has 0 spiro atoms. The lowest BCUT2D eigenvalue weighted by atomic mass is 10.1. The molecule has 0 aliphatic heterocycles. The summed E-state index contributed by atoms with van der Waals surface area (Å²) in [5.41, 5.74) is 0.878. The van der Waals surface area contributed by atoms with Crippen LogP contribution in [0.1, 0.15) is 12.0 Å². The van der Waals surface area contributed by atoms with Gasteiger partial charge in [-0.2, -0.15) is 5.26 Å². The Kier molecular flexibility index (Phi) is 7.68. The molecule has 8 heteroatoms. The third-order valence-electron chi connectivity index (χ3n) is 3.92. The number of primary sulfonamides is 1. The van der Waals surface area contributed by atoms with Crippen LogP contribution in [0.2, 0.25) is 0 Å². The van der Waals surface area contributed by atoms with E-state index in [1.807, 2.05) is 32.3 Å². The molecule has 1 atom stereocenters. The largest absolute Gasteiger partial charge is 0.380 e. The average Bonchev–Trinajstić information content (AvgIpc) is 2.64. The molecular weight excluding hydrogens is 380 g/mol. The fourth-order valence-corrected chi connectivity index (χ4v) is 4.00. The van der Waals surface area contributed by atoms with Crippen molar-refractivity contribution in [3.63, 3.8) is 0 Å². The van der Waals surface area contributed by atoms with Gasteiger partial charge in [0.15, 0.2) is 0 Å². The minimum atomic E-state index is -3.84. The number of anilines is 1. The first-order chi connectivity index (χ1) is 12.8. The van der Waals surface area contributed by atoms with Crippen LogP contribution < -0.4 is 10.5 Å². The van der Waals surface area contributed by atoms with Gasteiger partial charge in [-0.1, -0.05) is 18.2 Å². The second-order valence-electron chi connectivity index (χ2n) is 6.42. The Balaban J connectivity index is 2.17. The molecular formula is C19H24N4O2S2. The zero-order chi connectivity index (χ0) is 19.9. The van der Waals surface area contributed by atoms with Crippen molar-refractivity contribution in [3.05, 3.63) is 54.1 Å². The molecule has 27 heavy (non-hydrogen) atoms. The summed E-state index contributed by atoms with van der Waals surface area (Å²) >= 11 is 1.74. The monoisotopic (exact) mass is 404 g/mol. The van der Waals surface area contributed by atoms with Gasteiger partial charge in [0, 0.05) is 16.7 Å². The minimum absolute atomic E-state index is 0.0619. The van der Waals surface area contributed by atoms with Crippen LogP contribution in [0.3, 0.4) is 0 Å². The van der Waals surface area contributed by atoms with Crippen molar-refractivity contribution < 1.29 is 8.42 Å². The van der Waals surface area contributed by atoms with Gasteiger partial charge in [-0.3, -0.25) is 0 Å². The van der Waals surface area contributed by atoms with Gasteiger partial charge < -0.3 is 10.2 Å². The Morgan fingerprint density at radius 1 is 1.22 bits per heavy atom. The molecule has 2 rings (SSSR count). The zero-order valence-electron chi connectivity index (χ0n) is 15.4. The van der Waals surface area contributed by atoms with E-state index in [1.54, 1.807) is 17.8 Å². The second kappa shape index (κ2) is 9.76. The highest BCUT2D eigenvalue weighted by Crippen LogP contribution is 2.24. The number of nitrogens with two attached hydrogens (primary N) is 1. The smallest absolute Gasteiger partial charge is 0.238 e. The number of hydrogen-bond donors (Lipinski definition) is 2. The topological polar surface area (TPSA) is 99.2 Å². The Bertz CT molecular complexity index is 894. The zero-order valence-corrected chi connectivity index (χ0v) is 17.1. The van der Waals surface area contributed by atoms with Crippen LogP contribution in [0.15, 0.2) is 58.3 Å². The summed E-state index contributed by atoms with van der Waals surface area (Å²) in [6.07, 6.45) is 0.884. The molecule has 2 aromatic carbocycles. The maximum absolute atomic E-state index is 11.5. The van der Waals surface area contributed by atoms with Gasteiger partial charge in [-0.15, -0.1) is 11.8 Å². The third-order valence-corrected chi connectivity index (χ3v) is 6.00. The van der Waals surface area contributed by atoms with Gasteiger partial charge in [-0.05, 0) is 57.4 Å². The normalized spacial score (nSPS) is 12.6. The van der Waals surface area contributed by atoms with E-state index in [1.165, 1.54) is 17.0 Å². The number of nitrogens with zero attached hydrogens (tertiary/aromatic N) is 2. The number of sulfonamides is 1. The van der Waals surface area contributed by atoms with E-state index in [4.69, 9.17) is 5.14 Å². The summed E-state index contributed by atoms with van der Waals surface area (Å²) in [4.78, 5) is 3.23.